The van der Waals surface area contributed by atoms with Crippen LogP contribution in [0.1, 0.15) is 24.5 Å². The monoisotopic (exact) mass is 193 g/mol. The van der Waals surface area contributed by atoms with E-state index in [1.165, 1.54) is 0 Å². The standard InChI is InChI=1S/C8H11N5O/c1-4-6(5(2)3)9-8(14)7-10-12-13-11-7/h1,5-6H,2-3H3,(H,9,14)(H,10,11,12,13). The molecule has 1 unspecified atom stereocenters. The lowest BCUT2D eigenvalue weighted by atomic mass is 10.1. The molecule has 0 fully saturated rings. The number of tetrazole rings is 1. The van der Waals surface area contributed by atoms with Crippen molar-refractivity contribution in [3.8, 4) is 12.3 Å². The second kappa shape index (κ2) is 4.37. The predicted octanol–water partition coefficient (Wildman–Crippen LogP) is -0.413. The summed E-state index contributed by atoms with van der Waals surface area (Å²) in [5.41, 5.74) is 0. The molecule has 6 heteroatoms. The number of H-pyrrole nitrogens is 1. The molecular weight excluding hydrogens is 182 g/mol. The van der Waals surface area contributed by atoms with Crippen LogP contribution in [-0.4, -0.2) is 32.6 Å². The third-order valence-corrected chi connectivity index (χ3v) is 1.68. The second-order valence-electron chi connectivity index (χ2n) is 3.10. The summed E-state index contributed by atoms with van der Waals surface area (Å²) in [6.07, 6.45) is 5.25. The van der Waals surface area contributed by atoms with Crippen LogP contribution in [0.5, 0.6) is 0 Å². The average molecular weight is 193 g/mol. The van der Waals surface area contributed by atoms with Crippen LogP contribution in [0.4, 0.5) is 0 Å². The lowest BCUT2D eigenvalue weighted by Gasteiger charge is -2.14. The van der Waals surface area contributed by atoms with Gasteiger partial charge in [0.15, 0.2) is 0 Å². The molecular formula is C8H11N5O. The first-order chi connectivity index (χ1) is 6.65. The molecule has 0 aliphatic rings. The highest BCUT2D eigenvalue weighted by Crippen LogP contribution is 2.00. The molecule has 14 heavy (non-hydrogen) atoms. The SMILES string of the molecule is C#CC(NC(=O)c1nn[nH]n1)C(C)C. The summed E-state index contributed by atoms with van der Waals surface area (Å²) in [6.45, 7) is 3.84. The van der Waals surface area contributed by atoms with E-state index in [1.807, 2.05) is 13.8 Å². The van der Waals surface area contributed by atoms with Crippen LogP contribution in [0.2, 0.25) is 0 Å². The van der Waals surface area contributed by atoms with E-state index >= 15 is 0 Å². The Balaban J connectivity index is 2.61. The van der Waals surface area contributed by atoms with Crippen LogP contribution in [0.25, 0.3) is 0 Å². The molecule has 0 spiro atoms. The summed E-state index contributed by atoms with van der Waals surface area (Å²) < 4.78 is 0. The molecule has 0 saturated carbocycles. The van der Waals surface area contributed by atoms with Crippen molar-refractivity contribution >= 4 is 5.91 Å². The van der Waals surface area contributed by atoms with Crippen molar-refractivity contribution in [2.45, 2.75) is 19.9 Å². The van der Waals surface area contributed by atoms with Gasteiger partial charge in [-0.15, -0.1) is 16.6 Å². The molecule has 74 valence electrons. The van der Waals surface area contributed by atoms with E-state index in [0.29, 0.717) is 0 Å². The molecule has 1 heterocycles. The molecule has 0 radical (unpaired) electrons. The van der Waals surface area contributed by atoms with E-state index in [4.69, 9.17) is 6.42 Å². The van der Waals surface area contributed by atoms with E-state index in [1.54, 1.807) is 0 Å². The second-order valence-corrected chi connectivity index (χ2v) is 3.10. The molecule has 1 aromatic rings. The van der Waals surface area contributed by atoms with Crippen LogP contribution < -0.4 is 5.32 Å². The lowest BCUT2D eigenvalue weighted by Crippen LogP contribution is -2.37. The molecule has 2 N–H and O–H groups in total. The van der Waals surface area contributed by atoms with Gasteiger partial charge in [0.2, 0.25) is 0 Å². The summed E-state index contributed by atoms with van der Waals surface area (Å²) in [6, 6.07) is -0.319. The molecule has 0 bridgehead atoms. The number of hydrogen-bond donors (Lipinski definition) is 2. The summed E-state index contributed by atoms with van der Waals surface area (Å²) in [5, 5.41) is 15.1. The number of carbonyl (C=O) groups excluding carboxylic acids is 1. The zero-order chi connectivity index (χ0) is 10.6. The smallest absolute Gasteiger partial charge is 0.293 e. The number of nitrogens with one attached hydrogen (secondary N) is 2. The van der Waals surface area contributed by atoms with Gasteiger partial charge in [-0.3, -0.25) is 4.79 Å². The zero-order valence-corrected chi connectivity index (χ0v) is 7.98. The number of aromatic amines is 1. The van der Waals surface area contributed by atoms with Crippen molar-refractivity contribution in [1.82, 2.24) is 25.9 Å². The minimum absolute atomic E-state index is 0.00843. The summed E-state index contributed by atoms with van der Waals surface area (Å²) >= 11 is 0. The van der Waals surface area contributed by atoms with Gasteiger partial charge < -0.3 is 5.32 Å². The number of terminal acetylenes is 1. The van der Waals surface area contributed by atoms with Crippen molar-refractivity contribution in [2.24, 2.45) is 5.92 Å². The fourth-order valence-corrected chi connectivity index (χ4v) is 0.865. The molecule has 0 saturated heterocycles. The molecule has 1 aromatic heterocycles. The number of rotatable bonds is 3. The lowest BCUT2D eigenvalue weighted by molar-refractivity contribution is 0.0927. The van der Waals surface area contributed by atoms with Crippen LogP contribution >= 0.6 is 0 Å². The van der Waals surface area contributed by atoms with Gasteiger partial charge >= 0.3 is 0 Å². The van der Waals surface area contributed by atoms with Gasteiger partial charge in [0.1, 0.15) is 0 Å². The van der Waals surface area contributed by atoms with Crippen molar-refractivity contribution in [1.29, 1.82) is 0 Å². The Labute approximate surface area is 81.5 Å². The maximum atomic E-state index is 11.4. The number of nitrogens with zero attached hydrogens (tertiary/aromatic N) is 3. The fraction of sp³-hybridized carbons (Fsp3) is 0.500. The first-order valence-electron chi connectivity index (χ1n) is 4.15. The highest BCUT2D eigenvalue weighted by Gasteiger charge is 2.17. The predicted molar refractivity (Wildman–Crippen MR) is 49.1 cm³/mol. The van der Waals surface area contributed by atoms with Crippen molar-refractivity contribution < 1.29 is 4.79 Å². The number of hydrogen-bond acceptors (Lipinski definition) is 4. The third-order valence-electron chi connectivity index (χ3n) is 1.68. The van der Waals surface area contributed by atoms with Gasteiger partial charge in [-0.05, 0) is 11.1 Å². The largest absolute Gasteiger partial charge is 0.335 e. The minimum Gasteiger partial charge on any atom is -0.335 e. The zero-order valence-electron chi connectivity index (χ0n) is 7.98. The summed E-state index contributed by atoms with van der Waals surface area (Å²) in [4.78, 5) is 11.4. The first-order valence-corrected chi connectivity index (χ1v) is 4.15. The Hall–Kier alpha value is -1.90. The highest BCUT2D eigenvalue weighted by molar-refractivity contribution is 5.90. The van der Waals surface area contributed by atoms with Crippen LogP contribution in [0.15, 0.2) is 0 Å². The van der Waals surface area contributed by atoms with Gasteiger partial charge in [-0.2, -0.15) is 5.21 Å². The molecule has 0 aromatic carbocycles. The molecule has 6 nitrogen and oxygen atoms in total. The number of carbonyl (C=O) groups is 1. The molecule has 1 amide bonds. The minimum atomic E-state index is -0.421. The van der Waals surface area contributed by atoms with Crippen molar-refractivity contribution in [3.63, 3.8) is 0 Å². The Kier molecular flexibility index (Phi) is 3.18. The Morgan fingerprint density at radius 2 is 2.36 bits per heavy atom. The maximum absolute atomic E-state index is 11.4. The Bertz CT molecular complexity index is 337. The van der Waals surface area contributed by atoms with Crippen LogP contribution in [0, 0.1) is 18.3 Å². The molecule has 0 aliphatic heterocycles. The first kappa shape index (κ1) is 10.2. The van der Waals surface area contributed by atoms with E-state index in [2.05, 4.69) is 31.9 Å². The van der Waals surface area contributed by atoms with E-state index < -0.39 is 5.91 Å². The van der Waals surface area contributed by atoms with E-state index in [-0.39, 0.29) is 17.8 Å². The number of amides is 1. The van der Waals surface area contributed by atoms with Gasteiger partial charge in [-0.25, -0.2) is 0 Å². The van der Waals surface area contributed by atoms with Gasteiger partial charge in [0.05, 0.1) is 6.04 Å². The Morgan fingerprint density at radius 1 is 1.64 bits per heavy atom. The quantitative estimate of drug-likeness (QED) is 0.639. The normalized spacial score (nSPS) is 12.1. The van der Waals surface area contributed by atoms with Crippen LogP contribution in [-0.2, 0) is 0 Å². The van der Waals surface area contributed by atoms with Crippen molar-refractivity contribution in [3.05, 3.63) is 5.82 Å². The molecule has 1 rings (SSSR count). The highest BCUT2D eigenvalue weighted by atomic mass is 16.2. The third kappa shape index (κ3) is 2.29. The summed E-state index contributed by atoms with van der Waals surface area (Å²) in [5.74, 6) is 2.21. The Morgan fingerprint density at radius 3 is 2.79 bits per heavy atom. The van der Waals surface area contributed by atoms with Gasteiger partial charge in [-0.1, -0.05) is 19.8 Å². The van der Waals surface area contributed by atoms with Crippen molar-refractivity contribution in [2.75, 3.05) is 0 Å². The molecule has 0 aliphatic carbocycles. The topological polar surface area (TPSA) is 83.6 Å². The summed E-state index contributed by atoms with van der Waals surface area (Å²) in [7, 11) is 0. The molecule has 1 atom stereocenters. The fourth-order valence-electron chi connectivity index (χ4n) is 0.865. The number of aromatic nitrogens is 4. The average Bonchev–Trinajstić information content (AvgIpc) is 2.65. The van der Waals surface area contributed by atoms with E-state index in [0.717, 1.165) is 0 Å². The maximum Gasteiger partial charge on any atom is 0.293 e. The van der Waals surface area contributed by atoms with Gasteiger partial charge in [0.25, 0.3) is 11.7 Å². The van der Waals surface area contributed by atoms with Gasteiger partial charge in [0, 0.05) is 0 Å². The van der Waals surface area contributed by atoms with E-state index in [9.17, 15) is 4.79 Å². The van der Waals surface area contributed by atoms with Crippen LogP contribution in [0.3, 0.4) is 0 Å².